The topological polar surface area (TPSA) is 24.9 Å². The first-order valence-corrected chi connectivity index (χ1v) is 12.1. The Kier molecular flexibility index (Phi) is 8.53. The minimum absolute atomic E-state index is 0.0705. The lowest BCUT2D eigenvalue weighted by Crippen LogP contribution is -2.39. The molecule has 2 fully saturated rings. The van der Waals surface area contributed by atoms with E-state index in [2.05, 4.69) is 70.5 Å². The van der Waals surface area contributed by atoms with Crippen LogP contribution >= 0.6 is 0 Å². The van der Waals surface area contributed by atoms with Crippen molar-refractivity contribution in [1.29, 1.82) is 0 Å². The second-order valence-corrected chi connectivity index (χ2v) is 8.93. The van der Waals surface area contributed by atoms with Crippen molar-refractivity contribution in [3.63, 3.8) is 0 Å². The van der Waals surface area contributed by atoms with Crippen molar-refractivity contribution < 1.29 is 9.47 Å². The van der Waals surface area contributed by atoms with Gasteiger partial charge in [0.2, 0.25) is 0 Å². The first-order chi connectivity index (χ1) is 15.4. The highest BCUT2D eigenvalue weighted by atomic mass is 16.5. The van der Waals surface area contributed by atoms with Gasteiger partial charge in [0.1, 0.15) is 0 Å². The molecule has 168 valence electrons. The molecular formula is C27H38N2O2. The summed E-state index contributed by atoms with van der Waals surface area (Å²) in [6.45, 7) is 10.1. The molecule has 0 N–H and O–H groups in total. The fraction of sp³-hybridized carbons (Fsp3) is 0.556. The molecule has 2 saturated heterocycles. The van der Waals surface area contributed by atoms with Crippen LogP contribution in [0.25, 0.3) is 0 Å². The van der Waals surface area contributed by atoms with Gasteiger partial charge in [-0.05, 0) is 49.9 Å². The van der Waals surface area contributed by atoms with Gasteiger partial charge in [-0.15, -0.1) is 0 Å². The fourth-order valence-electron chi connectivity index (χ4n) is 5.24. The first kappa shape index (κ1) is 22.5. The third kappa shape index (κ3) is 6.17. The lowest BCUT2D eigenvalue weighted by molar-refractivity contribution is 0.0352. The third-order valence-electron chi connectivity index (χ3n) is 7.02. The molecule has 0 bridgehead atoms. The number of morpholine rings is 2. The van der Waals surface area contributed by atoms with Gasteiger partial charge >= 0.3 is 0 Å². The van der Waals surface area contributed by atoms with E-state index in [9.17, 15) is 0 Å². The predicted molar refractivity (Wildman–Crippen MR) is 127 cm³/mol. The number of ether oxygens (including phenoxy) is 2. The summed E-state index contributed by atoms with van der Waals surface area (Å²) in [5, 5.41) is 0. The second-order valence-electron chi connectivity index (χ2n) is 8.93. The summed E-state index contributed by atoms with van der Waals surface area (Å²) < 4.78 is 11.1. The number of hydrogen-bond acceptors (Lipinski definition) is 4. The number of rotatable bonds is 10. The van der Waals surface area contributed by atoms with Crippen LogP contribution in [0.1, 0.15) is 36.8 Å². The SMILES string of the molecule is c1ccc(C(CCCN2CCOCC2)(CCCN2CCOCC2)c2ccccc2)cc1. The molecule has 0 spiro atoms. The van der Waals surface area contributed by atoms with Crippen LogP contribution in [-0.2, 0) is 14.9 Å². The van der Waals surface area contributed by atoms with Gasteiger partial charge < -0.3 is 9.47 Å². The zero-order valence-corrected chi connectivity index (χ0v) is 18.9. The van der Waals surface area contributed by atoms with Crippen molar-refractivity contribution in [3.8, 4) is 0 Å². The largest absolute Gasteiger partial charge is 0.379 e. The van der Waals surface area contributed by atoms with Crippen LogP contribution in [-0.4, -0.2) is 75.5 Å². The molecule has 0 aliphatic carbocycles. The standard InChI is InChI=1S/C27H38N2O2/c1-3-9-25(10-4-1)27(26-11-5-2-6-12-26,13-7-15-28-17-21-30-22-18-28)14-8-16-29-19-23-31-24-20-29/h1-6,9-12H,7-8,13-24H2. The summed E-state index contributed by atoms with van der Waals surface area (Å²) in [4.78, 5) is 5.13. The molecule has 2 aliphatic heterocycles. The highest BCUT2D eigenvalue weighted by Crippen LogP contribution is 2.41. The molecule has 0 atom stereocenters. The molecule has 2 aromatic rings. The summed E-state index contributed by atoms with van der Waals surface area (Å²) in [6.07, 6.45) is 4.78. The highest BCUT2D eigenvalue weighted by molar-refractivity contribution is 5.39. The van der Waals surface area contributed by atoms with E-state index in [4.69, 9.17) is 9.47 Å². The van der Waals surface area contributed by atoms with Crippen molar-refractivity contribution in [2.24, 2.45) is 0 Å². The third-order valence-corrected chi connectivity index (χ3v) is 7.02. The van der Waals surface area contributed by atoms with Crippen molar-refractivity contribution in [3.05, 3.63) is 71.8 Å². The Hall–Kier alpha value is -1.72. The van der Waals surface area contributed by atoms with E-state index in [0.29, 0.717) is 0 Å². The van der Waals surface area contributed by atoms with Gasteiger partial charge in [0.05, 0.1) is 26.4 Å². The van der Waals surface area contributed by atoms with E-state index in [0.717, 1.165) is 65.7 Å². The molecule has 0 radical (unpaired) electrons. The quantitative estimate of drug-likeness (QED) is 0.573. The van der Waals surface area contributed by atoms with Gasteiger partial charge in [0.25, 0.3) is 0 Å². The Morgan fingerprint density at radius 1 is 0.581 bits per heavy atom. The Labute approximate surface area is 188 Å². The van der Waals surface area contributed by atoms with Crippen LogP contribution in [0.5, 0.6) is 0 Å². The van der Waals surface area contributed by atoms with Crippen molar-refractivity contribution >= 4 is 0 Å². The van der Waals surface area contributed by atoms with Crippen molar-refractivity contribution in [1.82, 2.24) is 9.80 Å². The monoisotopic (exact) mass is 422 g/mol. The molecule has 2 aliphatic rings. The smallest absolute Gasteiger partial charge is 0.0594 e. The molecule has 0 amide bonds. The molecule has 2 aromatic carbocycles. The van der Waals surface area contributed by atoms with Crippen LogP contribution in [0.4, 0.5) is 0 Å². The van der Waals surface area contributed by atoms with Gasteiger partial charge in [-0.1, -0.05) is 60.7 Å². The average molecular weight is 423 g/mol. The summed E-state index contributed by atoms with van der Waals surface area (Å²) in [5.74, 6) is 0. The van der Waals surface area contributed by atoms with Gasteiger partial charge in [-0.2, -0.15) is 0 Å². The van der Waals surface area contributed by atoms with E-state index in [1.54, 1.807) is 0 Å². The minimum atomic E-state index is 0.0705. The van der Waals surface area contributed by atoms with Crippen LogP contribution in [0.2, 0.25) is 0 Å². The summed E-state index contributed by atoms with van der Waals surface area (Å²) in [5.41, 5.74) is 3.00. The summed E-state index contributed by atoms with van der Waals surface area (Å²) in [6, 6.07) is 22.5. The normalized spacial score (nSPS) is 18.8. The van der Waals surface area contributed by atoms with Gasteiger partial charge in [-0.3, -0.25) is 9.80 Å². The van der Waals surface area contributed by atoms with E-state index in [1.807, 2.05) is 0 Å². The Morgan fingerprint density at radius 2 is 0.968 bits per heavy atom. The Morgan fingerprint density at radius 3 is 1.35 bits per heavy atom. The van der Waals surface area contributed by atoms with E-state index in [1.165, 1.54) is 36.8 Å². The maximum absolute atomic E-state index is 5.54. The molecule has 4 nitrogen and oxygen atoms in total. The second kappa shape index (κ2) is 11.8. The van der Waals surface area contributed by atoms with E-state index in [-0.39, 0.29) is 5.41 Å². The molecule has 4 rings (SSSR count). The molecule has 2 heterocycles. The molecule has 0 unspecified atom stereocenters. The van der Waals surface area contributed by atoms with Crippen LogP contribution < -0.4 is 0 Å². The zero-order valence-electron chi connectivity index (χ0n) is 18.9. The number of nitrogens with zero attached hydrogens (tertiary/aromatic N) is 2. The van der Waals surface area contributed by atoms with Crippen molar-refractivity contribution in [2.75, 3.05) is 65.7 Å². The number of hydrogen-bond donors (Lipinski definition) is 0. The Balaban J connectivity index is 1.52. The van der Waals surface area contributed by atoms with Gasteiger partial charge in [0, 0.05) is 31.6 Å². The maximum atomic E-state index is 5.54. The lowest BCUT2D eigenvalue weighted by Gasteiger charge is -2.37. The minimum Gasteiger partial charge on any atom is -0.379 e. The summed E-state index contributed by atoms with van der Waals surface area (Å²) >= 11 is 0. The molecular weight excluding hydrogens is 384 g/mol. The lowest BCUT2D eigenvalue weighted by atomic mass is 9.68. The zero-order chi connectivity index (χ0) is 21.2. The van der Waals surface area contributed by atoms with Crippen LogP contribution in [0, 0.1) is 0 Å². The van der Waals surface area contributed by atoms with Crippen molar-refractivity contribution in [2.45, 2.75) is 31.1 Å². The summed E-state index contributed by atoms with van der Waals surface area (Å²) in [7, 11) is 0. The predicted octanol–water partition coefficient (Wildman–Crippen LogP) is 4.20. The van der Waals surface area contributed by atoms with Crippen LogP contribution in [0.3, 0.4) is 0 Å². The average Bonchev–Trinajstić information content (AvgIpc) is 2.85. The fourth-order valence-corrected chi connectivity index (χ4v) is 5.24. The first-order valence-electron chi connectivity index (χ1n) is 12.1. The highest BCUT2D eigenvalue weighted by Gasteiger charge is 2.33. The molecule has 0 aromatic heterocycles. The maximum Gasteiger partial charge on any atom is 0.0594 e. The molecule has 0 saturated carbocycles. The number of benzene rings is 2. The molecule has 4 heteroatoms. The Bertz CT molecular complexity index is 675. The van der Waals surface area contributed by atoms with E-state index < -0.39 is 0 Å². The van der Waals surface area contributed by atoms with E-state index >= 15 is 0 Å². The van der Waals surface area contributed by atoms with Gasteiger partial charge in [-0.25, -0.2) is 0 Å². The van der Waals surface area contributed by atoms with Crippen LogP contribution in [0.15, 0.2) is 60.7 Å². The molecule has 31 heavy (non-hydrogen) atoms. The van der Waals surface area contributed by atoms with Gasteiger partial charge in [0.15, 0.2) is 0 Å².